The van der Waals surface area contributed by atoms with Crippen LogP contribution in [0.4, 0.5) is 0 Å². The van der Waals surface area contributed by atoms with Gasteiger partial charge in [-0.15, -0.1) is 4.28 Å². The van der Waals surface area contributed by atoms with E-state index in [0.29, 0.717) is 0 Å². The molecule has 0 radical (unpaired) electrons. The van der Waals surface area contributed by atoms with Crippen LogP contribution in [0.1, 0.15) is 13.8 Å². The molecule has 0 aromatic carbocycles. The number of hydrogen-bond acceptors (Lipinski definition) is 4. The summed E-state index contributed by atoms with van der Waals surface area (Å²) in [5.74, 6) is -0.695. The maximum atomic E-state index is 10.9. The molecule has 0 atom stereocenters. The molecule has 0 aliphatic heterocycles. The van der Waals surface area contributed by atoms with Crippen molar-refractivity contribution in [1.29, 1.82) is 0 Å². The van der Waals surface area contributed by atoms with E-state index in [0.717, 1.165) is 6.08 Å². The van der Waals surface area contributed by atoms with Crippen molar-refractivity contribution in [2.45, 2.75) is 19.1 Å². The molecule has 0 saturated carbocycles. The van der Waals surface area contributed by atoms with Gasteiger partial charge in [0, 0.05) is 0 Å². The summed E-state index contributed by atoms with van der Waals surface area (Å²) < 4.78 is 25.9. The average Bonchev–Trinajstić information content (AvgIpc) is 2.00. The standard InChI is InChI=1S/C6H11NO4S.Na.H/c1-4-6(8)7-11-12(9,10)5(2)3;;/h4-5H,1H2,2-3H3,(H,7,8);;. The van der Waals surface area contributed by atoms with Crippen molar-refractivity contribution in [3.63, 3.8) is 0 Å². The summed E-state index contributed by atoms with van der Waals surface area (Å²) in [4.78, 5) is 10.5. The first kappa shape index (κ1) is 15.6. The topological polar surface area (TPSA) is 72.5 Å². The van der Waals surface area contributed by atoms with E-state index in [-0.39, 0.29) is 29.6 Å². The first-order valence-electron chi connectivity index (χ1n) is 3.25. The summed E-state index contributed by atoms with van der Waals surface area (Å²) in [7, 11) is -3.68. The molecule has 0 aliphatic rings. The molecule has 0 unspecified atom stereocenters. The molecule has 0 aromatic heterocycles. The molecule has 1 amide bonds. The van der Waals surface area contributed by atoms with Gasteiger partial charge in [0.2, 0.25) is 0 Å². The molecule has 13 heavy (non-hydrogen) atoms. The van der Waals surface area contributed by atoms with Crippen LogP contribution in [0.5, 0.6) is 0 Å². The number of nitrogens with one attached hydrogen (secondary N) is 1. The number of rotatable bonds is 4. The summed E-state index contributed by atoms with van der Waals surface area (Å²) in [5, 5.41) is -0.692. The Bertz CT molecular complexity index is 272. The van der Waals surface area contributed by atoms with Crippen LogP contribution in [-0.2, 0) is 19.2 Å². The van der Waals surface area contributed by atoms with Gasteiger partial charge in [0.1, 0.15) is 0 Å². The molecule has 1 N–H and O–H groups in total. The molecule has 5 nitrogen and oxygen atoms in total. The van der Waals surface area contributed by atoms with E-state index in [9.17, 15) is 13.2 Å². The van der Waals surface area contributed by atoms with Crippen LogP contribution < -0.4 is 5.48 Å². The van der Waals surface area contributed by atoms with Crippen LogP contribution in [0.2, 0.25) is 0 Å². The van der Waals surface area contributed by atoms with Gasteiger partial charge in [-0.05, 0) is 19.9 Å². The summed E-state index contributed by atoms with van der Waals surface area (Å²) >= 11 is 0. The molecule has 0 bridgehead atoms. The fraction of sp³-hybridized carbons (Fsp3) is 0.500. The molecule has 0 fully saturated rings. The van der Waals surface area contributed by atoms with E-state index >= 15 is 0 Å². The minimum absolute atomic E-state index is 0. The normalized spacial score (nSPS) is 10.4. The summed E-state index contributed by atoms with van der Waals surface area (Å²) in [6.45, 7) is 6.00. The van der Waals surface area contributed by atoms with Crippen molar-refractivity contribution in [2.24, 2.45) is 0 Å². The van der Waals surface area contributed by atoms with E-state index in [1.165, 1.54) is 13.8 Å². The molecule has 72 valence electrons. The zero-order valence-electron chi connectivity index (χ0n) is 6.90. The van der Waals surface area contributed by atoms with Crippen molar-refractivity contribution in [1.82, 2.24) is 5.48 Å². The molecule has 0 aliphatic carbocycles. The second-order valence-electron chi connectivity index (χ2n) is 2.30. The monoisotopic (exact) mass is 217 g/mol. The van der Waals surface area contributed by atoms with Crippen LogP contribution in [0.15, 0.2) is 12.7 Å². The Morgan fingerprint density at radius 3 is 2.31 bits per heavy atom. The first-order chi connectivity index (χ1) is 5.40. The zero-order valence-corrected chi connectivity index (χ0v) is 7.72. The Hall–Kier alpha value is 0.120. The molecule has 0 aromatic rings. The van der Waals surface area contributed by atoms with Crippen molar-refractivity contribution in [2.75, 3.05) is 0 Å². The Morgan fingerprint density at radius 1 is 1.54 bits per heavy atom. The number of carbonyl (C=O) groups is 1. The van der Waals surface area contributed by atoms with E-state index in [2.05, 4.69) is 10.9 Å². The van der Waals surface area contributed by atoms with Crippen molar-refractivity contribution < 1.29 is 17.5 Å². The third-order valence-corrected chi connectivity index (χ3v) is 2.49. The van der Waals surface area contributed by atoms with E-state index in [1.807, 2.05) is 0 Å². The summed E-state index contributed by atoms with van der Waals surface area (Å²) in [5.41, 5.74) is 1.71. The minimum atomic E-state index is -3.68. The van der Waals surface area contributed by atoms with Crippen molar-refractivity contribution in [3.05, 3.63) is 12.7 Å². The Kier molecular flexibility index (Phi) is 7.86. The number of hydroxylamine groups is 1. The zero-order chi connectivity index (χ0) is 9.78. The van der Waals surface area contributed by atoms with E-state index in [4.69, 9.17) is 0 Å². The average molecular weight is 217 g/mol. The first-order valence-corrected chi connectivity index (χ1v) is 4.72. The molecule has 0 rings (SSSR count). The van der Waals surface area contributed by atoms with Gasteiger partial charge < -0.3 is 0 Å². The van der Waals surface area contributed by atoms with Gasteiger partial charge in [-0.3, -0.25) is 4.79 Å². The van der Waals surface area contributed by atoms with Gasteiger partial charge in [-0.25, -0.2) is 5.48 Å². The second kappa shape index (κ2) is 6.56. The van der Waals surface area contributed by atoms with Crippen molar-refractivity contribution in [3.8, 4) is 0 Å². The number of amides is 1. The fourth-order valence-corrected chi connectivity index (χ4v) is 0.628. The van der Waals surface area contributed by atoms with Gasteiger partial charge in [0.15, 0.2) is 0 Å². The predicted molar refractivity (Wildman–Crippen MR) is 50.6 cm³/mol. The van der Waals surface area contributed by atoms with Gasteiger partial charge in [-0.1, -0.05) is 6.58 Å². The SMILES string of the molecule is C=CC(=O)NOS(=O)(=O)C(C)C.[NaH]. The van der Waals surface area contributed by atoms with Gasteiger partial charge in [0.25, 0.3) is 16.0 Å². The van der Waals surface area contributed by atoms with Gasteiger partial charge in [-0.2, -0.15) is 8.42 Å². The van der Waals surface area contributed by atoms with Crippen LogP contribution in [-0.4, -0.2) is 49.1 Å². The van der Waals surface area contributed by atoms with Crippen LogP contribution in [0, 0.1) is 0 Å². The Morgan fingerprint density at radius 2 is 2.00 bits per heavy atom. The Balaban J connectivity index is 0. The van der Waals surface area contributed by atoms with Crippen LogP contribution in [0.25, 0.3) is 0 Å². The summed E-state index contributed by atoms with van der Waals surface area (Å²) in [6, 6.07) is 0. The van der Waals surface area contributed by atoms with Crippen LogP contribution >= 0.6 is 0 Å². The molecular weight excluding hydrogens is 205 g/mol. The van der Waals surface area contributed by atoms with Gasteiger partial charge >= 0.3 is 29.6 Å². The fourth-order valence-electron chi connectivity index (χ4n) is 0.237. The molecular formula is C6H12NNaO4S. The van der Waals surface area contributed by atoms with E-state index in [1.54, 1.807) is 5.48 Å². The summed E-state index contributed by atoms with van der Waals surface area (Å²) in [6.07, 6.45) is 0.913. The molecule has 0 heterocycles. The van der Waals surface area contributed by atoms with E-state index < -0.39 is 21.3 Å². The van der Waals surface area contributed by atoms with Crippen LogP contribution in [0.3, 0.4) is 0 Å². The molecule has 0 spiro atoms. The quantitative estimate of drug-likeness (QED) is 0.384. The number of carbonyl (C=O) groups excluding carboxylic acids is 1. The van der Waals surface area contributed by atoms with Gasteiger partial charge in [0.05, 0.1) is 5.25 Å². The molecule has 7 heteroatoms. The second-order valence-corrected chi connectivity index (χ2v) is 4.39. The third kappa shape index (κ3) is 6.23. The van der Waals surface area contributed by atoms with Crippen molar-refractivity contribution >= 4 is 45.6 Å². The molecule has 0 saturated heterocycles. The maximum absolute atomic E-state index is 10.9. The predicted octanol–water partition coefficient (Wildman–Crippen LogP) is -0.690. The number of hydrogen-bond donors (Lipinski definition) is 1. The third-order valence-electron chi connectivity index (χ3n) is 1.02. The Labute approximate surface area is 99.9 Å².